The first-order valence-corrected chi connectivity index (χ1v) is 8.80. The highest BCUT2D eigenvalue weighted by Crippen LogP contribution is 2.24. The predicted octanol–water partition coefficient (Wildman–Crippen LogP) is 0.757. The Labute approximate surface area is 125 Å². The van der Waals surface area contributed by atoms with Crippen LogP contribution in [0.2, 0.25) is 0 Å². The van der Waals surface area contributed by atoms with Gasteiger partial charge in [0.25, 0.3) is 10.0 Å². The number of hydrogen-bond acceptors (Lipinski definition) is 5. The normalized spacial score (nSPS) is 20.8. The minimum absolute atomic E-state index is 0.0326. The van der Waals surface area contributed by atoms with Crippen LogP contribution < -0.4 is 5.73 Å². The standard InChI is InChI=1S/C13H24N4O3S/c1-3-7-20-11-5-4-6-17(9-11)21(18,19)13-12(8-14)10(2)15-16-13/h11H,3-9,14H2,1-2H3,(H,15,16). The number of aromatic nitrogens is 2. The summed E-state index contributed by atoms with van der Waals surface area (Å²) in [5.74, 6) is 0. The molecular formula is C13H24N4O3S. The van der Waals surface area contributed by atoms with Gasteiger partial charge in [-0.05, 0) is 26.2 Å². The molecular weight excluding hydrogens is 292 g/mol. The van der Waals surface area contributed by atoms with E-state index in [1.54, 1.807) is 6.92 Å². The average molecular weight is 316 g/mol. The lowest BCUT2D eigenvalue weighted by molar-refractivity contribution is 0.0193. The number of nitrogens with zero attached hydrogens (tertiary/aromatic N) is 2. The predicted molar refractivity (Wildman–Crippen MR) is 79.2 cm³/mol. The zero-order valence-electron chi connectivity index (χ0n) is 12.6. The Balaban J connectivity index is 2.18. The summed E-state index contributed by atoms with van der Waals surface area (Å²) in [5, 5.41) is 6.71. The Morgan fingerprint density at radius 2 is 2.29 bits per heavy atom. The van der Waals surface area contributed by atoms with Crippen molar-refractivity contribution in [1.29, 1.82) is 0 Å². The highest BCUT2D eigenvalue weighted by atomic mass is 32.2. The maximum absolute atomic E-state index is 12.7. The van der Waals surface area contributed by atoms with Crippen LogP contribution >= 0.6 is 0 Å². The van der Waals surface area contributed by atoms with E-state index in [9.17, 15) is 8.42 Å². The van der Waals surface area contributed by atoms with Crippen molar-refractivity contribution in [2.75, 3.05) is 19.7 Å². The van der Waals surface area contributed by atoms with E-state index in [0.29, 0.717) is 31.0 Å². The molecule has 0 bridgehead atoms. The maximum atomic E-state index is 12.7. The summed E-state index contributed by atoms with van der Waals surface area (Å²) in [7, 11) is -3.61. The molecule has 1 atom stereocenters. The van der Waals surface area contributed by atoms with Crippen LogP contribution in [0.25, 0.3) is 0 Å². The van der Waals surface area contributed by atoms with Gasteiger partial charge in [-0.15, -0.1) is 0 Å². The number of rotatable bonds is 6. The molecule has 0 aromatic carbocycles. The van der Waals surface area contributed by atoms with Gasteiger partial charge in [0.2, 0.25) is 0 Å². The quantitative estimate of drug-likeness (QED) is 0.806. The molecule has 2 heterocycles. The van der Waals surface area contributed by atoms with Crippen LogP contribution in [0, 0.1) is 6.92 Å². The van der Waals surface area contributed by atoms with Crippen molar-refractivity contribution in [1.82, 2.24) is 14.5 Å². The SMILES string of the molecule is CCCOC1CCCN(S(=O)(=O)c2n[nH]c(C)c2CN)C1. The van der Waals surface area contributed by atoms with Gasteiger partial charge in [0, 0.05) is 37.5 Å². The molecule has 3 N–H and O–H groups in total. The molecule has 1 fully saturated rings. The number of piperidine rings is 1. The highest BCUT2D eigenvalue weighted by Gasteiger charge is 2.34. The van der Waals surface area contributed by atoms with E-state index in [2.05, 4.69) is 10.2 Å². The molecule has 7 nitrogen and oxygen atoms in total. The molecule has 1 aliphatic rings. The van der Waals surface area contributed by atoms with Gasteiger partial charge in [-0.3, -0.25) is 5.10 Å². The Hall–Kier alpha value is -0.960. The maximum Gasteiger partial charge on any atom is 0.262 e. The second kappa shape index (κ2) is 6.87. The zero-order chi connectivity index (χ0) is 15.5. The number of hydrogen-bond donors (Lipinski definition) is 2. The number of H-pyrrole nitrogens is 1. The molecule has 0 radical (unpaired) electrons. The van der Waals surface area contributed by atoms with Crippen LogP contribution in [0.3, 0.4) is 0 Å². The first-order valence-electron chi connectivity index (χ1n) is 7.36. The van der Waals surface area contributed by atoms with Gasteiger partial charge in [-0.2, -0.15) is 9.40 Å². The average Bonchev–Trinajstić information content (AvgIpc) is 2.87. The summed E-state index contributed by atoms with van der Waals surface area (Å²) in [4.78, 5) is 0. The summed E-state index contributed by atoms with van der Waals surface area (Å²) >= 11 is 0. The molecule has 21 heavy (non-hydrogen) atoms. The molecule has 0 amide bonds. The number of sulfonamides is 1. The van der Waals surface area contributed by atoms with Crippen LogP contribution in [0.15, 0.2) is 5.03 Å². The van der Waals surface area contributed by atoms with Crippen LogP contribution in [-0.4, -0.2) is 48.7 Å². The minimum Gasteiger partial charge on any atom is -0.377 e. The second-order valence-electron chi connectivity index (χ2n) is 5.33. The van der Waals surface area contributed by atoms with Crippen LogP contribution in [0.5, 0.6) is 0 Å². The number of aromatic amines is 1. The molecule has 1 unspecified atom stereocenters. The third-order valence-corrected chi connectivity index (χ3v) is 5.56. The number of nitrogens with one attached hydrogen (secondary N) is 1. The third-order valence-electron chi connectivity index (χ3n) is 3.72. The molecule has 1 aromatic heterocycles. The molecule has 1 aromatic rings. The fraction of sp³-hybridized carbons (Fsp3) is 0.769. The Morgan fingerprint density at radius 1 is 1.52 bits per heavy atom. The summed E-state index contributed by atoms with van der Waals surface area (Å²) in [5.41, 5.74) is 6.91. The van der Waals surface area contributed by atoms with Gasteiger partial charge in [0.1, 0.15) is 0 Å². The Bertz CT molecular complexity index is 570. The Kier molecular flexibility index (Phi) is 5.37. The summed E-state index contributed by atoms with van der Waals surface area (Å²) in [6.07, 6.45) is 2.60. The lowest BCUT2D eigenvalue weighted by Gasteiger charge is -2.31. The minimum atomic E-state index is -3.61. The van der Waals surface area contributed by atoms with Crippen molar-refractivity contribution in [3.8, 4) is 0 Å². The summed E-state index contributed by atoms with van der Waals surface area (Å²) < 4.78 is 32.6. The third kappa shape index (κ3) is 3.45. The molecule has 1 saturated heterocycles. The van der Waals surface area contributed by atoms with Crippen LogP contribution in [-0.2, 0) is 21.3 Å². The lowest BCUT2D eigenvalue weighted by atomic mass is 10.1. The molecule has 2 rings (SSSR count). The van der Waals surface area contributed by atoms with E-state index in [4.69, 9.17) is 10.5 Å². The molecule has 8 heteroatoms. The van der Waals surface area contributed by atoms with E-state index in [1.165, 1.54) is 4.31 Å². The highest BCUT2D eigenvalue weighted by molar-refractivity contribution is 7.89. The first-order chi connectivity index (χ1) is 10.0. The number of ether oxygens (including phenoxy) is 1. The first kappa shape index (κ1) is 16.4. The number of aryl methyl sites for hydroxylation is 1. The van der Waals surface area contributed by atoms with Crippen LogP contribution in [0.1, 0.15) is 37.4 Å². The van der Waals surface area contributed by atoms with Gasteiger partial charge in [0.05, 0.1) is 6.10 Å². The van der Waals surface area contributed by atoms with Gasteiger partial charge < -0.3 is 10.5 Å². The van der Waals surface area contributed by atoms with Crippen molar-refractivity contribution in [2.45, 2.75) is 50.8 Å². The summed E-state index contributed by atoms with van der Waals surface area (Å²) in [6, 6.07) is 0. The van der Waals surface area contributed by atoms with Gasteiger partial charge in [-0.1, -0.05) is 6.92 Å². The van der Waals surface area contributed by atoms with Crippen molar-refractivity contribution in [3.05, 3.63) is 11.3 Å². The fourth-order valence-corrected chi connectivity index (χ4v) is 4.24. The van der Waals surface area contributed by atoms with Crippen molar-refractivity contribution >= 4 is 10.0 Å². The van der Waals surface area contributed by atoms with Crippen LogP contribution in [0.4, 0.5) is 0 Å². The van der Waals surface area contributed by atoms with Gasteiger partial charge >= 0.3 is 0 Å². The van der Waals surface area contributed by atoms with E-state index in [1.807, 2.05) is 6.92 Å². The largest absolute Gasteiger partial charge is 0.377 e. The van der Waals surface area contributed by atoms with E-state index >= 15 is 0 Å². The second-order valence-corrected chi connectivity index (χ2v) is 7.19. The van der Waals surface area contributed by atoms with Crippen molar-refractivity contribution < 1.29 is 13.2 Å². The van der Waals surface area contributed by atoms with Crippen molar-refractivity contribution in [2.24, 2.45) is 5.73 Å². The topological polar surface area (TPSA) is 101 Å². The summed E-state index contributed by atoms with van der Waals surface area (Å²) in [6.45, 7) is 5.52. The zero-order valence-corrected chi connectivity index (χ0v) is 13.4. The van der Waals surface area contributed by atoms with Crippen molar-refractivity contribution in [3.63, 3.8) is 0 Å². The smallest absolute Gasteiger partial charge is 0.262 e. The van der Waals surface area contributed by atoms with Gasteiger partial charge in [0.15, 0.2) is 5.03 Å². The van der Waals surface area contributed by atoms with E-state index in [0.717, 1.165) is 19.3 Å². The molecule has 1 aliphatic heterocycles. The van der Waals surface area contributed by atoms with E-state index in [-0.39, 0.29) is 17.7 Å². The molecule has 0 spiro atoms. The molecule has 0 aliphatic carbocycles. The Morgan fingerprint density at radius 3 is 2.95 bits per heavy atom. The van der Waals surface area contributed by atoms with Gasteiger partial charge in [-0.25, -0.2) is 8.42 Å². The fourth-order valence-electron chi connectivity index (χ4n) is 2.55. The molecule has 120 valence electrons. The van der Waals surface area contributed by atoms with E-state index < -0.39 is 10.0 Å². The monoisotopic (exact) mass is 316 g/mol. The number of nitrogens with two attached hydrogens (primary N) is 1. The molecule has 0 saturated carbocycles. The lowest BCUT2D eigenvalue weighted by Crippen LogP contribution is -2.43.